The number of fused-ring (bicyclic) bond motifs is 1. The van der Waals surface area contributed by atoms with Crippen LogP contribution in [0.25, 0.3) is 6.08 Å². The second kappa shape index (κ2) is 7.61. The molecule has 6 nitrogen and oxygen atoms in total. The molecule has 1 atom stereocenters. The Balaban J connectivity index is 1.92. The molecular weight excluding hydrogens is 286 g/mol. The van der Waals surface area contributed by atoms with Crippen molar-refractivity contribution in [2.24, 2.45) is 0 Å². The summed E-state index contributed by atoms with van der Waals surface area (Å²) < 4.78 is 15.5. The van der Waals surface area contributed by atoms with Gasteiger partial charge in [-0.2, -0.15) is 0 Å². The average Bonchev–Trinajstić information content (AvgIpc) is 2.54. The van der Waals surface area contributed by atoms with Crippen LogP contribution in [0.1, 0.15) is 12.5 Å². The van der Waals surface area contributed by atoms with Crippen LogP contribution in [0.4, 0.5) is 0 Å². The van der Waals surface area contributed by atoms with Crippen molar-refractivity contribution >= 4 is 18.0 Å². The van der Waals surface area contributed by atoms with Gasteiger partial charge in [-0.3, -0.25) is 4.79 Å². The molecule has 0 aromatic heterocycles. The molecule has 1 N–H and O–H groups in total. The number of nitrogens with one attached hydrogen (secondary N) is 1. The van der Waals surface area contributed by atoms with Gasteiger partial charge in [0.05, 0.1) is 12.2 Å². The minimum Gasteiger partial charge on any atom is -0.488 e. The highest BCUT2D eigenvalue weighted by atomic mass is 16.6. The number of ether oxygens (including phenoxy) is 3. The first-order valence-corrected chi connectivity index (χ1v) is 7.02. The van der Waals surface area contributed by atoms with E-state index in [1.165, 1.54) is 6.92 Å². The SMILES string of the molecule is COCCNC(=O)[C@@H](C)OC(=O)C1=Cc2ccccc2OC1. The second-order valence-corrected chi connectivity index (χ2v) is 4.83. The number of hydrogen-bond donors (Lipinski definition) is 1. The van der Waals surface area contributed by atoms with Crippen molar-refractivity contribution in [3.8, 4) is 5.75 Å². The first-order chi connectivity index (χ1) is 10.6. The van der Waals surface area contributed by atoms with Gasteiger partial charge in [0.15, 0.2) is 6.10 Å². The Bertz CT molecular complexity index is 582. The molecule has 1 aromatic carbocycles. The zero-order valence-corrected chi connectivity index (χ0v) is 12.6. The molecule has 0 bridgehead atoms. The van der Waals surface area contributed by atoms with Crippen LogP contribution >= 0.6 is 0 Å². The summed E-state index contributed by atoms with van der Waals surface area (Å²) in [6, 6.07) is 7.41. The first kappa shape index (κ1) is 16.0. The van der Waals surface area contributed by atoms with Gasteiger partial charge in [0.25, 0.3) is 5.91 Å². The molecule has 2 rings (SSSR count). The highest BCUT2D eigenvalue weighted by Gasteiger charge is 2.23. The van der Waals surface area contributed by atoms with Gasteiger partial charge in [-0.15, -0.1) is 0 Å². The van der Waals surface area contributed by atoms with E-state index in [2.05, 4.69) is 5.32 Å². The molecule has 0 saturated heterocycles. The Morgan fingerprint density at radius 1 is 1.36 bits per heavy atom. The van der Waals surface area contributed by atoms with Crippen molar-refractivity contribution in [2.45, 2.75) is 13.0 Å². The van der Waals surface area contributed by atoms with Crippen LogP contribution in [0.15, 0.2) is 29.8 Å². The fourth-order valence-corrected chi connectivity index (χ4v) is 1.94. The zero-order valence-electron chi connectivity index (χ0n) is 12.6. The molecule has 0 spiro atoms. The molecule has 0 unspecified atom stereocenters. The van der Waals surface area contributed by atoms with Gasteiger partial charge in [-0.25, -0.2) is 4.79 Å². The summed E-state index contributed by atoms with van der Waals surface area (Å²) in [6.45, 7) is 2.44. The molecule has 1 aliphatic rings. The summed E-state index contributed by atoms with van der Waals surface area (Å²) in [7, 11) is 1.54. The number of carbonyl (C=O) groups is 2. The van der Waals surface area contributed by atoms with E-state index in [0.29, 0.717) is 18.7 Å². The summed E-state index contributed by atoms with van der Waals surface area (Å²) in [5.41, 5.74) is 1.20. The summed E-state index contributed by atoms with van der Waals surface area (Å²) >= 11 is 0. The molecular formula is C16H19NO5. The van der Waals surface area contributed by atoms with Crippen LogP contribution in [0.5, 0.6) is 5.75 Å². The van der Waals surface area contributed by atoms with Gasteiger partial charge in [-0.1, -0.05) is 18.2 Å². The van der Waals surface area contributed by atoms with Crippen molar-refractivity contribution in [3.05, 3.63) is 35.4 Å². The van der Waals surface area contributed by atoms with Gasteiger partial charge < -0.3 is 19.5 Å². The summed E-state index contributed by atoms with van der Waals surface area (Å²) in [5, 5.41) is 2.62. The fourth-order valence-electron chi connectivity index (χ4n) is 1.94. The Kier molecular flexibility index (Phi) is 5.55. The van der Waals surface area contributed by atoms with Crippen molar-refractivity contribution in [1.29, 1.82) is 0 Å². The van der Waals surface area contributed by atoms with Gasteiger partial charge >= 0.3 is 5.97 Å². The number of amides is 1. The quantitative estimate of drug-likeness (QED) is 0.630. The van der Waals surface area contributed by atoms with Crippen LogP contribution in [0.2, 0.25) is 0 Å². The smallest absolute Gasteiger partial charge is 0.338 e. The van der Waals surface area contributed by atoms with Crippen LogP contribution in [0.3, 0.4) is 0 Å². The minimum absolute atomic E-state index is 0.133. The molecule has 0 saturated carbocycles. The van der Waals surface area contributed by atoms with E-state index in [4.69, 9.17) is 14.2 Å². The molecule has 0 aliphatic carbocycles. The third-order valence-electron chi connectivity index (χ3n) is 3.15. The maximum atomic E-state index is 12.1. The molecule has 0 fully saturated rings. The van der Waals surface area contributed by atoms with E-state index in [1.807, 2.05) is 24.3 Å². The average molecular weight is 305 g/mol. The number of benzene rings is 1. The van der Waals surface area contributed by atoms with E-state index in [-0.39, 0.29) is 12.5 Å². The standard InChI is InChI=1S/C16H19NO5/c1-11(15(18)17-7-8-20-2)22-16(19)13-9-12-5-3-4-6-14(12)21-10-13/h3-6,9,11H,7-8,10H2,1-2H3,(H,17,18)/t11-/m1/s1. The van der Waals surface area contributed by atoms with E-state index < -0.39 is 12.1 Å². The lowest BCUT2D eigenvalue weighted by atomic mass is 10.1. The summed E-state index contributed by atoms with van der Waals surface area (Å²) in [5.74, 6) is -0.184. The van der Waals surface area contributed by atoms with E-state index in [0.717, 1.165) is 11.3 Å². The Labute approximate surface area is 129 Å². The van der Waals surface area contributed by atoms with E-state index >= 15 is 0 Å². The van der Waals surface area contributed by atoms with Crippen molar-refractivity contribution < 1.29 is 23.8 Å². The lowest BCUT2D eigenvalue weighted by Gasteiger charge is -2.19. The van der Waals surface area contributed by atoms with Crippen LogP contribution in [0, 0.1) is 0 Å². The predicted molar refractivity (Wildman–Crippen MR) is 80.4 cm³/mol. The lowest BCUT2D eigenvalue weighted by molar-refractivity contribution is -0.151. The molecule has 0 radical (unpaired) electrons. The molecule has 1 amide bonds. The zero-order chi connectivity index (χ0) is 15.9. The third-order valence-corrected chi connectivity index (χ3v) is 3.15. The maximum Gasteiger partial charge on any atom is 0.338 e. The maximum absolute atomic E-state index is 12.1. The van der Waals surface area contributed by atoms with Gasteiger partial charge in [0.2, 0.25) is 0 Å². The number of rotatable bonds is 6. The van der Waals surface area contributed by atoms with Crippen LogP contribution in [-0.4, -0.2) is 44.8 Å². The highest BCUT2D eigenvalue weighted by molar-refractivity contribution is 5.96. The molecule has 6 heteroatoms. The summed E-state index contributed by atoms with van der Waals surface area (Å²) in [6.07, 6.45) is 0.846. The van der Waals surface area contributed by atoms with E-state index in [1.54, 1.807) is 13.2 Å². The lowest BCUT2D eigenvalue weighted by Crippen LogP contribution is -2.38. The Morgan fingerprint density at radius 2 is 2.14 bits per heavy atom. The molecule has 22 heavy (non-hydrogen) atoms. The molecule has 1 heterocycles. The Morgan fingerprint density at radius 3 is 2.91 bits per heavy atom. The highest BCUT2D eigenvalue weighted by Crippen LogP contribution is 2.26. The number of hydrogen-bond acceptors (Lipinski definition) is 5. The number of methoxy groups -OCH3 is 1. The topological polar surface area (TPSA) is 73.9 Å². The van der Waals surface area contributed by atoms with Crippen molar-refractivity contribution in [2.75, 3.05) is 26.9 Å². The number of para-hydroxylation sites is 1. The van der Waals surface area contributed by atoms with Gasteiger partial charge in [-0.05, 0) is 19.1 Å². The molecule has 118 valence electrons. The Hall–Kier alpha value is -2.34. The normalized spacial score (nSPS) is 14.2. The van der Waals surface area contributed by atoms with Crippen molar-refractivity contribution in [3.63, 3.8) is 0 Å². The minimum atomic E-state index is -0.873. The molecule has 1 aromatic rings. The summed E-state index contributed by atoms with van der Waals surface area (Å²) in [4.78, 5) is 23.8. The van der Waals surface area contributed by atoms with E-state index in [9.17, 15) is 9.59 Å². The van der Waals surface area contributed by atoms with Crippen LogP contribution < -0.4 is 10.1 Å². The fraction of sp³-hybridized carbons (Fsp3) is 0.375. The largest absolute Gasteiger partial charge is 0.488 e. The predicted octanol–water partition coefficient (Wildman–Crippen LogP) is 1.16. The first-order valence-electron chi connectivity index (χ1n) is 7.02. The molecule has 1 aliphatic heterocycles. The monoisotopic (exact) mass is 305 g/mol. The van der Waals surface area contributed by atoms with Gasteiger partial charge in [0.1, 0.15) is 12.4 Å². The van der Waals surface area contributed by atoms with Crippen LogP contribution in [-0.2, 0) is 19.1 Å². The van der Waals surface area contributed by atoms with Gasteiger partial charge in [0, 0.05) is 19.2 Å². The van der Waals surface area contributed by atoms with Crippen molar-refractivity contribution in [1.82, 2.24) is 5.32 Å². The second-order valence-electron chi connectivity index (χ2n) is 4.83. The number of esters is 1. The third kappa shape index (κ3) is 4.08. The number of carbonyl (C=O) groups excluding carboxylic acids is 2.